The van der Waals surface area contributed by atoms with Gasteiger partial charge in [-0.1, -0.05) is 0 Å². The van der Waals surface area contributed by atoms with Gasteiger partial charge in [-0.2, -0.15) is 0 Å². The van der Waals surface area contributed by atoms with E-state index in [4.69, 9.17) is 14.5 Å². The van der Waals surface area contributed by atoms with Crippen LogP contribution in [0.4, 0.5) is 0 Å². The minimum absolute atomic E-state index is 0.530. The first kappa shape index (κ1) is 20.0. The molecular formula is C18H33N7O2. The number of hydrogen-bond donors (Lipinski definition) is 1. The first-order chi connectivity index (χ1) is 13.2. The Morgan fingerprint density at radius 2 is 2.11 bits per heavy atom. The van der Waals surface area contributed by atoms with Crippen LogP contribution < -0.4 is 5.32 Å². The van der Waals surface area contributed by atoms with Crippen LogP contribution in [-0.4, -0.2) is 96.7 Å². The molecule has 2 saturated heterocycles. The molecule has 0 aromatic carbocycles. The number of aliphatic imine (C=N–C) groups is 1. The van der Waals surface area contributed by atoms with Crippen LogP contribution in [0, 0.1) is 12.8 Å². The lowest BCUT2D eigenvalue weighted by atomic mass is 10.1. The fourth-order valence-corrected chi connectivity index (χ4v) is 3.55. The summed E-state index contributed by atoms with van der Waals surface area (Å²) in [5.41, 5.74) is 0. The van der Waals surface area contributed by atoms with Crippen LogP contribution in [0.15, 0.2) is 4.99 Å². The Balaban J connectivity index is 1.59. The van der Waals surface area contributed by atoms with Gasteiger partial charge in [-0.05, 0) is 13.3 Å². The molecule has 0 radical (unpaired) electrons. The van der Waals surface area contributed by atoms with Crippen LogP contribution in [0.5, 0.6) is 0 Å². The van der Waals surface area contributed by atoms with E-state index in [1.807, 2.05) is 18.5 Å². The lowest BCUT2D eigenvalue weighted by Gasteiger charge is -2.28. The van der Waals surface area contributed by atoms with Gasteiger partial charge in [-0.15, -0.1) is 10.2 Å². The van der Waals surface area contributed by atoms with Gasteiger partial charge < -0.3 is 24.3 Å². The number of ether oxygens (including phenoxy) is 2. The summed E-state index contributed by atoms with van der Waals surface area (Å²) in [6, 6.07) is 0. The number of nitrogens with one attached hydrogen (secondary N) is 1. The molecule has 152 valence electrons. The highest BCUT2D eigenvalue weighted by Crippen LogP contribution is 2.16. The van der Waals surface area contributed by atoms with E-state index < -0.39 is 0 Å². The average Bonchev–Trinajstić information content (AvgIpc) is 3.27. The summed E-state index contributed by atoms with van der Waals surface area (Å²) >= 11 is 0. The summed E-state index contributed by atoms with van der Waals surface area (Å²) in [5.74, 6) is 3.32. The van der Waals surface area contributed by atoms with Gasteiger partial charge in [0.2, 0.25) is 0 Å². The van der Waals surface area contributed by atoms with Crippen molar-refractivity contribution >= 4 is 5.96 Å². The molecule has 2 aliphatic rings. The third kappa shape index (κ3) is 5.63. The number of hydrogen-bond acceptors (Lipinski definition) is 6. The van der Waals surface area contributed by atoms with Crippen LogP contribution in [0.25, 0.3) is 0 Å². The Kier molecular flexibility index (Phi) is 7.42. The average molecular weight is 380 g/mol. The number of guanidine groups is 1. The van der Waals surface area contributed by atoms with E-state index in [1.165, 1.54) is 0 Å². The van der Waals surface area contributed by atoms with Crippen molar-refractivity contribution in [3.8, 4) is 0 Å². The van der Waals surface area contributed by atoms with Gasteiger partial charge in [0.05, 0.1) is 19.8 Å². The summed E-state index contributed by atoms with van der Waals surface area (Å²) in [5, 5.41) is 11.9. The molecule has 1 aromatic heterocycles. The minimum atomic E-state index is 0.530. The molecule has 0 spiro atoms. The smallest absolute Gasteiger partial charge is 0.194 e. The molecule has 0 aliphatic carbocycles. The lowest BCUT2D eigenvalue weighted by Crippen LogP contribution is -2.45. The predicted molar refractivity (Wildman–Crippen MR) is 104 cm³/mol. The Bertz CT molecular complexity index is 613. The maximum atomic E-state index is 5.42. The number of likely N-dealkylation sites (tertiary alicyclic amines) is 1. The van der Waals surface area contributed by atoms with Gasteiger partial charge in [-0.3, -0.25) is 4.90 Å². The van der Waals surface area contributed by atoms with Gasteiger partial charge in [-0.25, -0.2) is 4.99 Å². The fraction of sp³-hybridized carbons (Fsp3) is 0.833. The van der Waals surface area contributed by atoms with E-state index in [-0.39, 0.29) is 0 Å². The molecule has 1 aromatic rings. The van der Waals surface area contributed by atoms with Crippen molar-refractivity contribution in [2.75, 3.05) is 66.2 Å². The molecule has 9 nitrogen and oxygen atoms in total. The van der Waals surface area contributed by atoms with Crippen molar-refractivity contribution in [3.05, 3.63) is 11.6 Å². The lowest BCUT2D eigenvalue weighted by molar-refractivity contribution is 0.0388. The van der Waals surface area contributed by atoms with E-state index in [0.29, 0.717) is 12.5 Å². The van der Waals surface area contributed by atoms with Gasteiger partial charge >= 0.3 is 0 Å². The first-order valence-corrected chi connectivity index (χ1v) is 9.84. The van der Waals surface area contributed by atoms with Crippen LogP contribution in [0.2, 0.25) is 0 Å². The molecule has 0 bridgehead atoms. The Hall–Kier alpha value is -1.71. The second kappa shape index (κ2) is 10.0. The Morgan fingerprint density at radius 1 is 1.30 bits per heavy atom. The highest BCUT2D eigenvalue weighted by Gasteiger charge is 2.25. The zero-order valence-electron chi connectivity index (χ0n) is 16.9. The van der Waals surface area contributed by atoms with Gasteiger partial charge in [0, 0.05) is 59.3 Å². The number of aromatic nitrogens is 3. The third-order valence-electron chi connectivity index (χ3n) is 5.36. The third-order valence-corrected chi connectivity index (χ3v) is 5.36. The largest absolute Gasteiger partial charge is 0.384 e. The molecule has 3 rings (SSSR count). The molecule has 9 heteroatoms. The monoisotopic (exact) mass is 379 g/mol. The summed E-state index contributed by atoms with van der Waals surface area (Å²) in [6.45, 7) is 10.8. The van der Waals surface area contributed by atoms with E-state index >= 15 is 0 Å². The van der Waals surface area contributed by atoms with E-state index in [2.05, 4.69) is 25.3 Å². The van der Waals surface area contributed by atoms with Crippen LogP contribution in [0.3, 0.4) is 0 Å². The van der Waals surface area contributed by atoms with Crippen LogP contribution in [0.1, 0.15) is 18.1 Å². The second-order valence-electron chi connectivity index (χ2n) is 7.30. The van der Waals surface area contributed by atoms with E-state index in [0.717, 1.165) is 83.1 Å². The SMILES string of the molecule is COCC1CCN(C(=NCc2nnc(C)n2C)NCCN2CCOCC2)C1. The van der Waals surface area contributed by atoms with Crippen molar-refractivity contribution < 1.29 is 9.47 Å². The quantitative estimate of drug-likeness (QED) is 0.522. The summed E-state index contributed by atoms with van der Waals surface area (Å²) in [6.07, 6.45) is 1.14. The van der Waals surface area contributed by atoms with Crippen molar-refractivity contribution in [1.82, 2.24) is 29.9 Å². The molecule has 3 heterocycles. The molecular weight excluding hydrogens is 346 g/mol. The van der Waals surface area contributed by atoms with Gasteiger partial charge in [0.1, 0.15) is 12.4 Å². The van der Waals surface area contributed by atoms with Gasteiger partial charge in [0.15, 0.2) is 11.8 Å². The molecule has 1 N–H and O–H groups in total. The highest BCUT2D eigenvalue weighted by molar-refractivity contribution is 5.80. The van der Waals surface area contributed by atoms with Crippen molar-refractivity contribution in [2.24, 2.45) is 18.0 Å². The molecule has 1 unspecified atom stereocenters. The zero-order chi connectivity index (χ0) is 19.1. The van der Waals surface area contributed by atoms with Crippen molar-refractivity contribution in [1.29, 1.82) is 0 Å². The van der Waals surface area contributed by atoms with Gasteiger partial charge in [0.25, 0.3) is 0 Å². The number of aryl methyl sites for hydroxylation is 1. The molecule has 0 saturated carbocycles. The van der Waals surface area contributed by atoms with Crippen LogP contribution in [-0.2, 0) is 23.1 Å². The molecule has 2 fully saturated rings. The normalized spacial score (nSPS) is 21.8. The maximum Gasteiger partial charge on any atom is 0.194 e. The summed E-state index contributed by atoms with van der Waals surface area (Å²) in [4.78, 5) is 9.62. The summed E-state index contributed by atoms with van der Waals surface area (Å²) in [7, 11) is 3.75. The zero-order valence-corrected chi connectivity index (χ0v) is 16.9. The van der Waals surface area contributed by atoms with Crippen LogP contribution >= 0.6 is 0 Å². The van der Waals surface area contributed by atoms with E-state index in [9.17, 15) is 0 Å². The molecule has 1 atom stereocenters. The highest BCUT2D eigenvalue weighted by atomic mass is 16.5. The Labute approximate surface area is 161 Å². The maximum absolute atomic E-state index is 5.42. The molecule has 0 amide bonds. The van der Waals surface area contributed by atoms with E-state index in [1.54, 1.807) is 7.11 Å². The number of methoxy groups -OCH3 is 1. The predicted octanol–water partition coefficient (Wildman–Crippen LogP) is -0.130. The fourth-order valence-electron chi connectivity index (χ4n) is 3.55. The standard InChI is InChI=1S/C18H33N7O2/c1-15-21-22-17(23(15)2)12-20-18(25-6-4-16(13-25)14-26-3)19-5-7-24-8-10-27-11-9-24/h16H,4-14H2,1-3H3,(H,19,20). The Morgan fingerprint density at radius 3 is 2.81 bits per heavy atom. The number of rotatable bonds is 7. The number of morpholine rings is 1. The molecule has 27 heavy (non-hydrogen) atoms. The van der Waals surface area contributed by atoms with Crippen molar-refractivity contribution in [3.63, 3.8) is 0 Å². The molecule has 2 aliphatic heterocycles. The topological polar surface area (TPSA) is 80.0 Å². The first-order valence-electron chi connectivity index (χ1n) is 9.84. The summed E-state index contributed by atoms with van der Waals surface area (Å²) < 4.78 is 12.8. The minimum Gasteiger partial charge on any atom is -0.384 e. The second-order valence-corrected chi connectivity index (χ2v) is 7.30. The number of nitrogens with zero attached hydrogens (tertiary/aromatic N) is 6. The van der Waals surface area contributed by atoms with Crippen molar-refractivity contribution in [2.45, 2.75) is 19.9 Å².